The molecule has 1 fully saturated rings. The van der Waals surface area contributed by atoms with Crippen LogP contribution in [0.3, 0.4) is 0 Å². The minimum Gasteiger partial charge on any atom is -0.389 e. The number of carbonyl (C=O) groups is 1. The smallest absolute Gasteiger partial charge is 0.280 e. The maximum absolute atomic E-state index is 12.2. The number of nitrogens with one attached hydrogen (secondary N) is 2. The van der Waals surface area contributed by atoms with E-state index in [1.54, 1.807) is 24.3 Å². The lowest BCUT2D eigenvalue weighted by Crippen LogP contribution is -2.49. The molecule has 1 aromatic carbocycles. The van der Waals surface area contributed by atoms with E-state index in [1.165, 1.54) is 0 Å². The van der Waals surface area contributed by atoms with E-state index in [0.29, 0.717) is 24.1 Å². The van der Waals surface area contributed by atoms with Crippen molar-refractivity contribution in [2.45, 2.75) is 18.6 Å². The van der Waals surface area contributed by atoms with Crippen LogP contribution in [0.15, 0.2) is 29.1 Å². The number of ether oxygens (including phenoxy) is 1. The lowest BCUT2D eigenvalue weighted by molar-refractivity contribution is -0.0261. The molecule has 0 unspecified atom stereocenters. The highest BCUT2D eigenvalue weighted by Gasteiger charge is 2.26. The highest BCUT2D eigenvalue weighted by molar-refractivity contribution is 5.93. The summed E-state index contributed by atoms with van der Waals surface area (Å²) in [6, 6.07) is 6.55. The number of hydrogen-bond donors (Lipinski definition) is 3. The Morgan fingerprint density at radius 1 is 1.43 bits per heavy atom. The van der Waals surface area contributed by atoms with Gasteiger partial charge in [0.2, 0.25) is 0 Å². The predicted octanol–water partition coefficient (Wildman–Crippen LogP) is -0.197. The van der Waals surface area contributed by atoms with Crippen molar-refractivity contribution in [3.63, 3.8) is 0 Å². The van der Waals surface area contributed by atoms with Gasteiger partial charge in [-0.1, -0.05) is 12.1 Å². The Morgan fingerprint density at radius 2 is 2.24 bits per heavy atom. The van der Waals surface area contributed by atoms with Crippen molar-refractivity contribution in [3.8, 4) is 0 Å². The normalized spacial score (nSPS) is 22.1. The molecule has 7 nitrogen and oxygen atoms in total. The number of H-pyrrole nitrogens is 1. The molecule has 1 saturated heterocycles. The molecular weight excluding hydrogens is 274 g/mol. The Labute approximate surface area is 120 Å². The summed E-state index contributed by atoms with van der Waals surface area (Å²) in [6.45, 7) is 0.635. The van der Waals surface area contributed by atoms with Crippen molar-refractivity contribution >= 4 is 16.9 Å². The number of nitrogens with zero attached hydrogens (tertiary/aromatic N) is 1. The molecule has 2 atom stereocenters. The zero-order valence-electron chi connectivity index (χ0n) is 11.2. The van der Waals surface area contributed by atoms with Crippen molar-refractivity contribution in [1.82, 2.24) is 15.3 Å². The molecule has 1 aliphatic rings. The standard InChI is InChI=1S/C14H15N3O4/c18-11-7-21-6-5-10(11)17-14(20)12-13(19)16-9-4-2-1-3-8(9)15-12/h1-4,10-11,18H,5-7H2,(H,16,19)(H,17,20)/t10-,11-/m0/s1. The second kappa shape index (κ2) is 5.63. The molecule has 0 aliphatic carbocycles. The summed E-state index contributed by atoms with van der Waals surface area (Å²) in [5, 5.41) is 12.4. The van der Waals surface area contributed by atoms with E-state index in [-0.39, 0.29) is 12.3 Å². The van der Waals surface area contributed by atoms with Crippen molar-refractivity contribution < 1.29 is 14.6 Å². The summed E-state index contributed by atoms with van der Waals surface area (Å²) in [6.07, 6.45) is -0.277. The molecule has 2 heterocycles. The summed E-state index contributed by atoms with van der Waals surface area (Å²) < 4.78 is 5.10. The Kier molecular flexibility index (Phi) is 3.68. The number of rotatable bonds is 2. The Balaban J connectivity index is 1.87. The molecule has 0 spiro atoms. The minimum atomic E-state index is -0.776. The summed E-state index contributed by atoms with van der Waals surface area (Å²) in [4.78, 5) is 30.8. The van der Waals surface area contributed by atoms with Gasteiger partial charge >= 0.3 is 0 Å². The summed E-state index contributed by atoms with van der Waals surface area (Å²) in [5.41, 5.74) is 0.361. The molecule has 3 rings (SSSR count). The van der Waals surface area contributed by atoms with Gasteiger partial charge in [-0.2, -0.15) is 0 Å². The van der Waals surface area contributed by atoms with Crippen molar-refractivity contribution in [2.24, 2.45) is 0 Å². The van der Waals surface area contributed by atoms with E-state index in [1.807, 2.05) is 0 Å². The van der Waals surface area contributed by atoms with Crippen molar-refractivity contribution in [1.29, 1.82) is 0 Å². The van der Waals surface area contributed by atoms with Crippen LogP contribution < -0.4 is 10.9 Å². The molecule has 3 N–H and O–H groups in total. The third-order valence-corrected chi connectivity index (χ3v) is 3.46. The minimum absolute atomic E-state index is 0.173. The first kappa shape index (κ1) is 13.7. The molecule has 1 aromatic heterocycles. The number of aliphatic hydroxyl groups is 1. The fourth-order valence-electron chi connectivity index (χ4n) is 2.31. The maximum atomic E-state index is 12.2. The van der Waals surface area contributed by atoms with Crippen LogP contribution >= 0.6 is 0 Å². The van der Waals surface area contributed by atoms with E-state index in [4.69, 9.17) is 4.74 Å². The third kappa shape index (κ3) is 2.79. The van der Waals surface area contributed by atoms with E-state index < -0.39 is 23.6 Å². The maximum Gasteiger partial charge on any atom is 0.280 e. The second-order valence-electron chi connectivity index (χ2n) is 4.94. The van der Waals surface area contributed by atoms with Crippen LogP contribution in [0.1, 0.15) is 16.9 Å². The highest BCUT2D eigenvalue weighted by Crippen LogP contribution is 2.09. The fraction of sp³-hybridized carbons (Fsp3) is 0.357. The summed E-state index contributed by atoms with van der Waals surface area (Å²) in [5.74, 6) is -0.590. The molecule has 7 heteroatoms. The number of aromatic nitrogens is 2. The molecule has 0 radical (unpaired) electrons. The zero-order valence-corrected chi connectivity index (χ0v) is 11.2. The molecule has 2 aromatic rings. The van der Waals surface area contributed by atoms with Crippen molar-refractivity contribution in [2.75, 3.05) is 13.2 Å². The number of fused-ring (bicyclic) bond motifs is 1. The van der Waals surface area contributed by atoms with Gasteiger partial charge in [-0.25, -0.2) is 4.98 Å². The monoisotopic (exact) mass is 289 g/mol. The average molecular weight is 289 g/mol. The fourth-order valence-corrected chi connectivity index (χ4v) is 2.31. The number of benzene rings is 1. The lowest BCUT2D eigenvalue weighted by Gasteiger charge is -2.28. The number of carbonyl (C=O) groups excluding carboxylic acids is 1. The second-order valence-corrected chi connectivity index (χ2v) is 4.94. The lowest BCUT2D eigenvalue weighted by atomic mass is 10.1. The van der Waals surface area contributed by atoms with Gasteiger partial charge in [-0.15, -0.1) is 0 Å². The largest absolute Gasteiger partial charge is 0.389 e. The Bertz CT molecular complexity index is 727. The first-order valence-electron chi connectivity index (χ1n) is 6.71. The topological polar surface area (TPSA) is 104 Å². The third-order valence-electron chi connectivity index (χ3n) is 3.46. The quantitative estimate of drug-likeness (QED) is 0.710. The van der Waals surface area contributed by atoms with E-state index >= 15 is 0 Å². The number of hydrogen-bond acceptors (Lipinski definition) is 5. The van der Waals surface area contributed by atoms with Crippen LogP contribution in [0.2, 0.25) is 0 Å². The Hall–Kier alpha value is -2.25. The van der Waals surface area contributed by atoms with Gasteiger partial charge in [0.15, 0.2) is 5.69 Å². The van der Waals surface area contributed by atoms with Crippen LogP contribution in [0, 0.1) is 0 Å². The molecular formula is C14H15N3O4. The molecule has 21 heavy (non-hydrogen) atoms. The molecule has 110 valence electrons. The van der Waals surface area contributed by atoms with Gasteiger partial charge in [0.05, 0.1) is 29.8 Å². The molecule has 1 amide bonds. The van der Waals surface area contributed by atoms with E-state index in [9.17, 15) is 14.7 Å². The van der Waals surface area contributed by atoms with Crippen LogP contribution in [-0.4, -0.2) is 46.3 Å². The average Bonchev–Trinajstić information content (AvgIpc) is 2.49. The number of aliphatic hydroxyl groups excluding tert-OH is 1. The molecule has 0 saturated carbocycles. The highest BCUT2D eigenvalue weighted by atomic mass is 16.5. The van der Waals surface area contributed by atoms with Crippen molar-refractivity contribution in [3.05, 3.63) is 40.3 Å². The number of amides is 1. The summed E-state index contributed by atoms with van der Waals surface area (Å²) >= 11 is 0. The number of aromatic amines is 1. The van der Waals surface area contributed by atoms with Crippen LogP contribution in [0.5, 0.6) is 0 Å². The van der Waals surface area contributed by atoms with E-state index in [0.717, 1.165) is 0 Å². The van der Waals surface area contributed by atoms with E-state index in [2.05, 4.69) is 15.3 Å². The van der Waals surface area contributed by atoms with Crippen LogP contribution in [0.4, 0.5) is 0 Å². The first-order chi connectivity index (χ1) is 10.1. The van der Waals surface area contributed by atoms with Gasteiger partial charge in [-0.05, 0) is 18.6 Å². The van der Waals surface area contributed by atoms with Crippen LogP contribution in [0.25, 0.3) is 11.0 Å². The Morgan fingerprint density at radius 3 is 3.05 bits per heavy atom. The molecule has 0 bridgehead atoms. The molecule has 1 aliphatic heterocycles. The van der Waals surface area contributed by atoms with Gasteiger partial charge in [-0.3, -0.25) is 9.59 Å². The predicted molar refractivity (Wildman–Crippen MR) is 75.1 cm³/mol. The SMILES string of the molecule is O=C(N[C@H]1CCOC[C@@H]1O)c1nc2ccccc2[nH]c1=O. The van der Waals surface area contributed by atoms with Gasteiger partial charge < -0.3 is 20.1 Å². The number of para-hydroxylation sites is 2. The van der Waals surface area contributed by atoms with Gasteiger partial charge in [0, 0.05) is 6.61 Å². The van der Waals surface area contributed by atoms with Gasteiger partial charge in [0.1, 0.15) is 0 Å². The van der Waals surface area contributed by atoms with Gasteiger partial charge in [0.25, 0.3) is 11.5 Å². The van der Waals surface area contributed by atoms with Crippen LogP contribution in [-0.2, 0) is 4.74 Å². The zero-order chi connectivity index (χ0) is 14.8. The summed E-state index contributed by atoms with van der Waals surface area (Å²) in [7, 11) is 0. The first-order valence-corrected chi connectivity index (χ1v) is 6.71.